The van der Waals surface area contributed by atoms with Crippen molar-refractivity contribution in [3.8, 4) is 0 Å². The van der Waals surface area contributed by atoms with E-state index in [1.165, 1.54) is 0 Å². The number of benzene rings is 1. The Kier molecular flexibility index (Phi) is 4.83. The molecule has 24 heavy (non-hydrogen) atoms. The Morgan fingerprint density at radius 1 is 1.29 bits per heavy atom. The molecule has 1 aliphatic heterocycles. The van der Waals surface area contributed by atoms with E-state index in [2.05, 4.69) is 0 Å². The fourth-order valence-corrected chi connectivity index (χ4v) is 4.06. The van der Waals surface area contributed by atoms with Crippen LogP contribution in [0.25, 0.3) is 0 Å². The summed E-state index contributed by atoms with van der Waals surface area (Å²) in [5, 5.41) is 0.544. The zero-order chi connectivity index (χ0) is 17.3. The van der Waals surface area contributed by atoms with Crippen molar-refractivity contribution in [3.63, 3.8) is 0 Å². The zero-order valence-electron chi connectivity index (χ0n) is 14.0. The third kappa shape index (κ3) is 3.03. The number of likely N-dealkylation sites (N-methyl/N-ethyl adjacent to an activating group) is 1. The predicted molar refractivity (Wildman–Crippen MR) is 95.0 cm³/mol. The number of carbonyl (C=O) groups excluding carboxylic acids is 2. The molecule has 0 bridgehead atoms. The maximum absolute atomic E-state index is 12.9. The second kappa shape index (κ2) is 6.73. The summed E-state index contributed by atoms with van der Waals surface area (Å²) in [6.07, 6.45) is 5.07. The lowest BCUT2D eigenvalue weighted by Crippen LogP contribution is -2.58. The maximum Gasteiger partial charge on any atom is 0.249 e. The quantitative estimate of drug-likeness (QED) is 0.912. The smallest absolute Gasteiger partial charge is 0.249 e. The van der Waals surface area contributed by atoms with Gasteiger partial charge in [-0.1, -0.05) is 43.0 Å². The van der Waals surface area contributed by atoms with E-state index in [-0.39, 0.29) is 11.8 Å². The first-order valence-electron chi connectivity index (χ1n) is 8.56. The van der Waals surface area contributed by atoms with Crippen LogP contribution in [-0.2, 0) is 9.59 Å². The second-order valence-corrected chi connectivity index (χ2v) is 7.29. The van der Waals surface area contributed by atoms with Gasteiger partial charge in [0.05, 0.1) is 16.2 Å². The van der Waals surface area contributed by atoms with Gasteiger partial charge in [-0.25, -0.2) is 0 Å². The molecule has 2 aliphatic rings. The van der Waals surface area contributed by atoms with Crippen LogP contribution in [0.3, 0.4) is 0 Å². The number of carbonyl (C=O) groups is 2. The summed E-state index contributed by atoms with van der Waals surface area (Å²) in [5.41, 5.74) is 6.24. The summed E-state index contributed by atoms with van der Waals surface area (Å²) in [7, 11) is 1.70. The summed E-state index contributed by atoms with van der Waals surface area (Å²) in [4.78, 5) is 28.9. The van der Waals surface area contributed by atoms with E-state index in [9.17, 15) is 9.59 Å². The van der Waals surface area contributed by atoms with Crippen LogP contribution in [0.15, 0.2) is 24.3 Å². The summed E-state index contributed by atoms with van der Waals surface area (Å²) in [5.74, 6) is -0.195. The first-order chi connectivity index (χ1) is 11.4. The molecule has 5 nitrogen and oxygen atoms in total. The molecule has 1 unspecified atom stereocenters. The number of nitrogens with two attached hydrogens (primary N) is 1. The molecule has 2 fully saturated rings. The van der Waals surface area contributed by atoms with E-state index in [1.54, 1.807) is 22.9 Å². The first kappa shape index (κ1) is 17.2. The lowest BCUT2D eigenvalue weighted by molar-refractivity contribution is -0.142. The monoisotopic (exact) mass is 349 g/mol. The number of hydrogen-bond acceptors (Lipinski definition) is 3. The highest BCUT2D eigenvalue weighted by molar-refractivity contribution is 6.34. The molecule has 0 aromatic heterocycles. The molecule has 1 saturated heterocycles. The predicted octanol–water partition coefficient (Wildman–Crippen LogP) is 2.57. The summed E-state index contributed by atoms with van der Waals surface area (Å²) >= 11 is 6.21. The van der Waals surface area contributed by atoms with Gasteiger partial charge < -0.3 is 15.5 Å². The number of rotatable bonds is 3. The molecule has 2 amide bonds. The van der Waals surface area contributed by atoms with E-state index >= 15 is 0 Å². The van der Waals surface area contributed by atoms with Crippen LogP contribution in [-0.4, -0.2) is 41.9 Å². The normalized spacial score (nSPS) is 23.4. The van der Waals surface area contributed by atoms with Crippen molar-refractivity contribution in [3.05, 3.63) is 29.3 Å². The van der Waals surface area contributed by atoms with Crippen molar-refractivity contribution in [2.75, 3.05) is 18.5 Å². The van der Waals surface area contributed by atoms with Gasteiger partial charge in [0.25, 0.3) is 0 Å². The van der Waals surface area contributed by atoms with E-state index in [0.717, 1.165) is 19.3 Å². The Morgan fingerprint density at radius 3 is 2.62 bits per heavy atom. The van der Waals surface area contributed by atoms with E-state index < -0.39 is 11.6 Å². The highest BCUT2D eigenvalue weighted by Crippen LogP contribution is 2.32. The maximum atomic E-state index is 12.9. The van der Waals surface area contributed by atoms with Gasteiger partial charge in [0.2, 0.25) is 11.8 Å². The van der Waals surface area contributed by atoms with Crippen molar-refractivity contribution in [2.24, 2.45) is 5.73 Å². The minimum atomic E-state index is -0.814. The molecule has 6 heteroatoms. The molecule has 1 aromatic carbocycles. The number of hydrogen-bond donors (Lipinski definition) is 1. The van der Waals surface area contributed by atoms with Crippen LogP contribution in [0.2, 0.25) is 5.02 Å². The van der Waals surface area contributed by atoms with Crippen molar-refractivity contribution >= 4 is 29.1 Å². The van der Waals surface area contributed by atoms with Crippen LogP contribution >= 0.6 is 11.6 Å². The zero-order valence-corrected chi connectivity index (χ0v) is 14.8. The fourth-order valence-electron chi connectivity index (χ4n) is 3.82. The number of para-hydroxylation sites is 1. The molecule has 1 atom stereocenters. The molecule has 0 spiro atoms. The highest BCUT2D eigenvalue weighted by atomic mass is 35.5. The second-order valence-electron chi connectivity index (χ2n) is 6.88. The third-order valence-corrected chi connectivity index (χ3v) is 5.60. The van der Waals surface area contributed by atoms with Gasteiger partial charge in [0.15, 0.2) is 0 Å². The largest absolute Gasteiger partial charge is 0.332 e. The SMILES string of the molecule is CN(C(=O)C1(N)CCCCC1)C1CCN(c2ccccc2Cl)C1=O. The summed E-state index contributed by atoms with van der Waals surface area (Å²) < 4.78 is 0. The Hall–Kier alpha value is -1.59. The minimum Gasteiger partial charge on any atom is -0.332 e. The molecule has 3 rings (SSSR count). The Morgan fingerprint density at radius 2 is 1.96 bits per heavy atom. The van der Waals surface area contributed by atoms with Crippen molar-refractivity contribution in [1.29, 1.82) is 0 Å². The standard InChI is InChI=1S/C18H24ClN3O2/c1-21(17(24)18(20)10-5-2-6-11-18)15-9-12-22(16(15)23)14-8-4-3-7-13(14)19/h3-4,7-8,15H,2,5-6,9-12,20H2,1H3. The van der Waals surface area contributed by atoms with Crippen molar-refractivity contribution < 1.29 is 9.59 Å². The van der Waals surface area contributed by atoms with Crippen molar-refractivity contribution in [1.82, 2.24) is 4.90 Å². The van der Waals surface area contributed by atoms with E-state index in [0.29, 0.717) is 36.5 Å². The van der Waals surface area contributed by atoms with Crippen molar-refractivity contribution in [2.45, 2.75) is 50.1 Å². The number of halogens is 1. The first-order valence-corrected chi connectivity index (χ1v) is 8.94. The number of anilines is 1. The molecule has 1 heterocycles. The van der Waals surface area contributed by atoms with Crippen LogP contribution in [0.5, 0.6) is 0 Å². The number of nitrogens with zero attached hydrogens (tertiary/aromatic N) is 2. The summed E-state index contributed by atoms with van der Waals surface area (Å²) in [6, 6.07) is 6.82. The van der Waals surface area contributed by atoms with Gasteiger partial charge in [-0.05, 0) is 31.4 Å². The molecular formula is C18H24ClN3O2. The molecule has 1 aromatic rings. The lowest BCUT2D eigenvalue weighted by Gasteiger charge is -2.37. The van der Waals surface area contributed by atoms with Crippen LogP contribution in [0.4, 0.5) is 5.69 Å². The Labute approximate surface area is 147 Å². The van der Waals surface area contributed by atoms with Gasteiger partial charge in [-0.15, -0.1) is 0 Å². The average molecular weight is 350 g/mol. The van der Waals surface area contributed by atoms with Gasteiger partial charge in [-0.2, -0.15) is 0 Å². The van der Waals surface area contributed by atoms with E-state index in [1.807, 2.05) is 18.2 Å². The number of amides is 2. The van der Waals surface area contributed by atoms with Gasteiger partial charge in [0, 0.05) is 13.6 Å². The Bertz CT molecular complexity index is 643. The fraction of sp³-hybridized carbons (Fsp3) is 0.556. The average Bonchev–Trinajstić information content (AvgIpc) is 2.96. The molecule has 1 saturated carbocycles. The van der Waals surface area contributed by atoms with Gasteiger partial charge in [0.1, 0.15) is 6.04 Å². The Balaban J connectivity index is 1.75. The highest BCUT2D eigenvalue weighted by Gasteiger charge is 2.44. The van der Waals surface area contributed by atoms with Gasteiger partial charge in [-0.3, -0.25) is 9.59 Å². The minimum absolute atomic E-state index is 0.0849. The molecule has 0 radical (unpaired) electrons. The molecule has 2 N–H and O–H groups in total. The summed E-state index contributed by atoms with van der Waals surface area (Å²) in [6.45, 7) is 0.558. The molecule has 1 aliphatic carbocycles. The van der Waals surface area contributed by atoms with Crippen LogP contribution in [0, 0.1) is 0 Å². The lowest BCUT2D eigenvalue weighted by atomic mass is 9.81. The van der Waals surface area contributed by atoms with Crippen LogP contribution in [0.1, 0.15) is 38.5 Å². The third-order valence-electron chi connectivity index (χ3n) is 5.28. The molecule has 130 valence electrons. The topological polar surface area (TPSA) is 66.6 Å². The van der Waals surface area contributed by atoms with E-state index in [4.69, 9.17) is 17.3 Å². The molecular weight excluding hydrogens is 326 g/mol. The van der Waals surface area contributed by atoms with Crippen LogP contribution < -0.4 is 10.6 Å². The van der Waals surface area contributed by atoms with Gasteiger partial charge >= 0.3 is 0 Å².